The van der Waals surface area contributed by atoms with E-state index in [4.69, 9.17) is 5.14 Å². The largest absolute Gasteiger partial charge is 0.420 e. The average molecular weight is 525 g/mol. The number of pyridine rings is 1. The van der Waals surface area contributed by atoms with Crippen LogP contribution >= 0.6 is 0 Å². The molecule has 3 N–H and O–H groups in total. The van der Waals surface area contributed by atoms with E-state index in [9.17, 15) is 39.6 Å². The number of nitrogens with zero attached hydrogens (tertiary/aromatic N) is 3. The van der Waals surface area contributed by atoms with Crippen molar-refractivity contribution in [2.45, 2.75) is 62.4 Å². The van der Waals surface area contributed by atoms with Crippen LogP contribution in [0.15, 0.2) is 23.4 Å². The Kier molecular flexibility index (Phi) is 5.94. The zero-order chi connectivity index (χ0) is 26.0. The molecule has 2 fully saturated rings. The van der Waals surface area contributed by atoms with Crippen LogP contribution in [0.1, 0.15) is 60.3 Å². The summed E-state index contributed by atoms with van der Waals surface area (Å²) in [6.45, 7) is 1.18. The van der Waals surface area contributed by atoms with E-state index < -0.39 is 61.8 Å². The molecular formula is C20H21F6N5O3S. The van der Waals surface area contributed by atoms with Crippen LogP contribution in [0.4, 0.5) is 32.0 Å². The molecule has 8 nitrogen and oxygen atoms in total. The maximum Gasteiger partial charge on any atom is 0.420 e. The van der Waals surface area contributed by atoms with Crippen molar-refractivity contribution in [2.75, 3.05) is 5.32 Å². The summed E-state index contributed by atoms with van der Waals surface area (Å²) in [4.78, 5) is 16.6. The first kappa shape index (κ1) is 25.4. The van der Waals surface area contributed by atoms with E-state index in [0.717, 1.165) is 23.0 Å². The molecular weight excluding hydrogens is 504 g/mol. The molecule has 2 aromatic rings. The standard InChI is InChI=1S/C20H21F6N5O3S/c1-18(7-11(8-18)19(21,22)23)9-31-16(14(20(24,25)26)15(30-31)10-2-3-10)17(32)29-12-4-5-28-13(6-12)35(27,33)34/h4-6,10-11H,2-3,7-9H2,1H3,(H2,27,33,34)(H,28,29,32). The van der Waals surface area contributed by atoms with Crippen molar-refractivity contribution >= 4 is 21.6 Å². The molecule has 0 unspecified atom stereocenters. The molecule has 15 heteroatoms. The minimum atomic E-state index is -4.96. The lowest BCUT2D eigenvalue weighted by Crippen LogP contribution is -2.45. The van der Waals surface area contributed by atoms with Crippen molar-refractivity contribution in [1.82, 2.24) is 14.8 Å². The summed E-state index contributed by atoms with van der Waals surface area (Å²) in [5.74, 6) is -3.32. The Balaban J connectivity index is 1.71. The van der Waals surface area contributed by atoms with Crippen LogP contribution in [-0.4, -0.2) is 35.3 Å². The molecule has 2 aromatic heterocycles. The highest BCUT2D eigenvalue weighted by Crippen LogP contribution is 2.54. The quantitative estimate of drug-likeness (QED) is 0.552. The Morgan fingerprint density at radius 3 is 2.37 bits per heavy atom. The topological polar surface area (TPSA) is 120 Å². The number of primary sulfonamides is 1. The van der Waals surface area contributed by atoms with Crippen LogP contribution in [0.2, 0.25) is 0 Å². The van der Waals surface area contributed by atoms with Crippen LogP contribution in [0.3, 0.4) is 0 Å². The van der Waals surface area contributed by atoms with Crippen molar-refractivity contribution < 1.29 is 39.6 Å². The Bertz CT molecular complexity index is 1260. The van der Waals surface area contributed by atoms with E-state index in [1.165, 1.54) is 6.92 Å². The maximum absolute atomic E-state index is 14.1. The van der Waals surface area contributed by atoms with Gasteiger partial charge in [-0.3, -0.25) is 9.48 Å². The van der Waals surface area contributed by atoms with Gasteiger partial charge in [-0.25, -0.2) is 18.5 Å². The fraction of sp³-hybridized carbons (Fsp3) is 0.550. The molecule has 2 saturated carbocycles. The number of carbonyl (C=O) groups is 1. The summed E-state index contributed by atoms with van der Waals surface area (Å²) in [5.41, 5.74) is -3.60. The number of alkyl halides is 6. The van der Waals surface area contributed by atoms with Gasteiger partial charge in [-0.1, -0.05) is 6.92 Å². The molecule has 2 aliphatic carbocycles. The average Bonchev–Trinajstić information content (AvgIpc) is 3.45. The first-order chi connectivity index (χ1) is 16.0. The molecule has 0 aliphatic heterocycles. The number of anilines is 1. The summed E-state index contributed by atoms with van der Waals surface area (Å²) < 4.78 is 105. The number of amides is 1. The first-order valence-corrected chi connectivity index (χ1v) is 12.1. The van der Waals surface area contributed by atoms with Gasteiger partial charge < -0.3 is 5.32 Å². The van der Waals surface area contributed by atoms with Gasteiger partial charge in [0.2, 0.25) is 0 Å². The Morgan fingerprint density at radius 2 is 1.86 bits per heavy atom. The van der Waals surface area contributed by atoms with Gasteiger partial charge in [0.1, 0.15) is 11.3 Å². The van der Waals surface area contributed by atoms with Gasteiger partial charge in [-0.15, -0.1) is 0 Å². The molecule has 0 aromatic carbocycles. The number of halogens is 6. The van der Waals surface area contributed by atoms with E-state index in [1.807, 2.05) is 0 Å². The van der Waals surface area contributed by atoms with Crippen molar-refractivity contribution in [3.63, 3.8) is 0 Å². The Labute approximate surface area is 195 Å². The van der Waals surface area contributed by atoms with Gasteiger partial charge in [0.15, 0.2) is 5.03 Å². The summed E-state index contributed by atoms with van der Waals surface area (Å²) in [7, 11) is -4.25. The van der Waals surface area contributed by atoms with Crippen molar-refractivity contribution in [2.24, 2.45) is 16.5 Å². The van der Waals surface area contributed by atoms with Gasteiger partial charge in [0.05, 0.1) is 11.6 Å². The second kappa shape index (κ2) is 8.18. The number of nitrogens with two attached hydrogens (primary N) is 1. The van der Waals surface area contributed by atoms with Crippen molar-refractivity contribution in [3.05, 3.63) is 35.3 Å². The Hall–Kier alpha value is -2.68. The second-order valence-electron chi connectivity index (χ2n) is 9.38. The van der Waals surface area contributed by atoms with Crippen LogP contribution in [0.5, 0.6) is 0 Å². The molecule has 2 heterocycles. The molecule has 0 atom stereocenters. The maximum atomic E-state index is 14.1. The molecule has 2 aliphatic rings. The smallest absolute Gasteiger partial charge is 0.320 e. The van der Waals surface area contributed by atoms with Crippen molar-refractivity contribution in [1.29, 1.82) is 0 Å². The zero-order valence-electron chi connectivity index (χ0n) is 18.2. The highest BCUT2D eigenvalue weighted by Gasteiger charge is 2.54. The number of carbonyl (C=O) groups excluding carboxylic acids is 1. The van der Waals surface area contributed by atoms with Crippen molar-refractivity contribution in [3.8, 4) is 0 Å². The van der Waals surface area contributed by atoms with E-state index in [0.29, 0.717) is 12.8 Å². The van der Waals surface area contributed by atoms with Gasteiger partial charge >= 0.3 is 12.4 Å². The van der Waals surface area contributed by atoms with Crippen LogP contribution in [-0.2, 0) is 22.7 Å². The molecule has 4 rings (SSSR count). The minimum absolute atomic E-state index is 0.185. The molecule has 0 spiro atoms. The number of aromatic nitrogens is 3. The van der Waals surface area contributed by atoms with Crippen LogP contribution in [0.25, 0.3) is 0 Å². The Morgan fingerprint density at radius 1 is 1.23 bits per heavy atom. The van der Waals surface area contributed by atoms with Gasteiger partial charge in [0.25, 0.3) is 15.9 Å². The number of rotatable bonds is 6. The number of sulfonamides is 1. The molecule has 192 valence electrons. The van der Waals surface area contributed by atoms with Gasteiger partial charge in [-0.2, -0.15) is 31.4 Å². The van der Waals surface area contributed by atoms with Gasteiger partial charge in [0, 0.05) is 30.4 Å². The highest BCUT2D eigenvalue weighted by atomic mass is 32.2. The summed E-state index contributed by atoms with van der Waals surface area (Å²) in [5, 5.41) is 10.6. The molecule has 0 radical (unpaired) electrons. The van der Waals surface area contributed by atoms with E-state index in [2.05, 4.69) is 15.4 Å². The predicted molar refractivity (Wildman–Crippen MR) is 110 cm³/mol. The van der Waals surface area contributed by atoms with Crippen LogP contribution in [0, 0.1) is 11.3 Å². The summed E-state index contributed by atoms with van der Waals surface area (Å²) >= 11 is 0. The minimum Gasteiger partial charge on any atom is -0.320 e. The fourth-order valence-electron chi connectivity index (χ4n) is 4.43. The van der Waals surface area contributed by atoms with E-state index in [-0.39, 0.29) is 30.8 Å². The molecule has 1 amide bonds. The molecule has 35 heavy (non-hydrogen) atoms. The predicted octanol–water partition coefficient (Wildman–Crippen LogP) is 4.05. The third-order valence-electron chi connectivity index (χ3n) is 6.20. The zero-order valence-corrected chi connectivity index (χ0v) is 19.1. The monoisotopic (exact) mass is 525 g/mol. The second-order valence-corrected chi connectivity index (χ2v) is 10.9. The number of hydrogen-bond acceptors (Lipinski definition) is 5. The summed E-state index contributed by atoms with van der Waals surface area (Å²) in [6.07, 6.45) is -8.10. The lowest BCUT2D eigenvalue weighted by atomic mass is 9.63. The molecule has 0 bridgehead atoms. The number of hydrogen-bond donors (Lipinski definition) is 2. The lowest BCUT2D eigenvalue weighted by molar-refractivity contribution is -0.221. The third kappa shape index (κ3) is 5.29. The van der Waals surface area contributed by atoms with E-state index in [1.54, 1.807) is 0 Å². The fourth-order valence-corrected chi connectivity index (χ4v) is 4.93. The first-order valence-electron chi connectivity index (χ1n) is 10.5. The third-order valence-corrected chi connectivity index (χ3v) is 7.01. The van der Waals surface area contributed by atoms with E-state index >= 15 is 0 Å². The number of nitrogens with one attached hydrogen (secondary N) is 1. The highest BCUT2D eigenvalue weighted by molar-refractivity contribution is 7.89. The van der Waals surface area contributed by atoms with Crippen LogP contribution < -0.4 is 10.5 Å². The summed E-state index contributed by atoms with van der Waals surface area (Å²) in [6, 6.07) is 2.04. The normalized spacial score (nSPS) is 23.1. The lowest BCUT2D eigenvalue weighted by Gasteiger charge is -2.46. The van der Waals surface area contributed by atoms with Gasteiger partial charge in [-0.05, 0) is 37.2 Å². The SMILES string of the molecule is CC1(Cn2nc(C3CC3)c(C(F)(F)F)c2C(=O)Nc2ccnc(S(N)(=O)=O)c2)CC(C(F)(F)F)C1. The molecule has 0 saturated heterocycles.